The summed E-state index contributed by atoms with van der Waals surface area (Å²) in [5.74, 6) is 4.63. The van der Waals surface area contributed by atoms with Crippen molar-refractivity contribution < 1.29 is 0 Å². The SMILES string of the molecule is C[C@@H]1C2=CC=CC2CC12CCC(C1=CC=C(Cc3cccc4c3CCC3CCCC43)C3=CC=CC31)CC2. The number of allylic oxidation sites excluding steroid dienone is 12. The van der Waals surface area contributed by atoms with Crippen molar-refractivity contribution in [3.05, 3.63) is 106 Å². The molecule has 1 aromatic rings. The third-order valence-electron chi connectivity index (χ3n) is 12.2. The summed E-state index contributed by atoms with van der Waals surface area (Å²) in [7, 11) is 0. The van der Waals surface area contributed by atoms with E-state index in [4.69, 9.17) is 0 Å². The van der Waals surface area contributed by atoms with Gasteiger partial charge in [-0.05, 0) is 127 Å². The van der Waals surface area contributed by atoms with Gasteiger partial charge >= 0.3 is 0 Å². The molecule has 0 amide bonds. The van der Waals surface area contributed by atoms with E-state index in [1.807, 2.05) is 0 Å². The molecule has 37 heavy (non-hydrogen) atoms. The summed E-state index contributed by atoms with van der Waals surface area (Å²) < 4.78 is 0. The molecule has 0 saturated heterocycles. The van der Waals surface area contributed by atoms with Gasteiger partial charge in [0, 0.05) is 5.92 Å². The molecule has 0 N–H and O–H groups in total. The average molecular weight is 487 g/mol. The van der Waals surface area contributed by atoms with E-state index in [0.29, 0.717) is 11.3 Å². The van der Waals surface area contributed by atoms with Crippen LogP contribution in [0.4, 0.5) is 0 Å². The molecular formula is C37H42. The molecule has 7 aliphatic rings. The molecule has 0 aliphatic heterocycles. The number of fused-ring (bicyclic) bond motifs is 5. The van der Waals surface area contributed by atoms with Gasteiger partial charge in [-0.3, -0.25) is 0 Å². The van der Waals surface area contributed by atoms with Crippen molar-refractivity contribution in [2.45, 2.75) is 83.5 Å². The maximum absolute atomic E-state index is 2.57. The predicted molar refractivity (Wildman–Crippen MR) is 154 cm³/mol. The lowest BCUT2D eigenvalue weighted by molar-refractivity contribution is 0.122. The first-order valence-corrected chi connectivity index (χ1v) is 15.5. The average Bonchev–Trinajstić information content (AvgIpc) is 3.72. The second-order valence-corrected chi connectivity index (χ2v) is 13.6. The van der Waals surface area contributed by atoms with Gasteiger partial charge in [-0.1, -0.05) is 91.3 Å². The topological polar surface area (TPSA) is 0 Å². The van der Waals surface area contributed by atoms with Crippen LogP contribution in [0, 0.1) is 35.0 Å². The molecule has 0 heteroatoms. The molecule has 1 aromatic carbocycles. The summed E-state index contributed by atoms with van der Waals surface area (Å²) in [6, 6.07) is 7.27. The third kappa shape index (κ3) is 3.47. The van der Waals surface area contributed by atoms with Crippen LogP contribution in [0.5, 0.6) is 0 Å². The minimum Gasteiger partial charge on any atom is -0.0773 e. The second-order valence-electron chi connectivity index (χ2n) is 13.6. The first-order valence-electron chi connectivity index (χ1n) is 15.5. The first-order chi connectivity index (χ1) is 18.2. The molecule has 0 radical (unpaired) electrons. The number of benzene rings is 1. The van der Waals surface area contributed by atoms with Gasteiger partial charge in [0.05, 0.1) is 0 Å². The Balaban J connectivity index is 1.03. The summed E-state index contributed by atoms with van der Waals surface area (Å²) in [4.78, 5) is 0. The zero-order valence-corrected chi connectivity index (χ0v) is 22.6. The first kappa shape index (κ1) is 22.6. The van der Waals surface area contributed by atoms with Crippen molar-refractivity contribution in [1.29, 1.82) is 0 Å². The quantitative estimate of drug-likeness (QED) is 0.399. The highest BCUT2D eigenvalue weighted by atomic mass is 14.5. The monoisotopic (exact) mass is 486 g/mol. The Hall–Kier alpha value is -2.34. The number of hydrogen-bond donors (Lipinski definition) is 0. The summed E-state index contributed by atoms with van der Waals surface area (Å²) in [5, 5.41) is 0. The van der Waals surface area contributed by atoms with Crippen molar-refractivity contribution >= 4 is 0 Å². The molecule has 3 fully saturated rings. The lowest BCUT2D eigenvalue weighted by atomic mass is 9.62. The van der Waals surface area contributed by atoms with Gasteiger partial charge < -0.3 is 0 Å². The van der Waals surface area contributed by atoms with E-state index in [1.54, 1.807) is 39.0 Å². The molecule has 3 saturated carbocycles. The Morgan fingerprint density at radius 2 is 1.76 bits per heavy atom. The van der Waals surface area contributed by atoms with E-state index < -0.39 is 0 Å². The second kappa shape index (κ2) is 8.59. The van der Waals surface area contributed by atoms with E-state index >= 15 is 0 Å². The highest BCUT2D eigenvalue weighted by Gasteiger charge is 2.49. The van der Waals surface area contributed by atoms with Crippen LogP contribution in [-0.2, 0) is 12.8 Å². The summed E-state index contributed by atoms with van der Waals surface area (Å²) in [6.45, 7) is 2.53. The number of hydrogen-bond acceptors (Lipinski definition) is 0. The van der Waals surface area contributed by atoms with Gasteiger partial charge in [0.1, 0.15) is 0 Å². The van der Waals surface area contributed by atoms with E-state index in [-0.39, 0.29) is 0 Å². The molecular weight excluding hydrogens is 444 g/mol. The normalized spacial score (nSPS) is 39.1. The molecule has 190 valence electrons. The zero-order chi connectivity index (χ0) is 24.6. The number of rotatable bonds is 3. The molecule has 5 atom stereocenters. The minimum atomic E-state index is 0.531. The Labute approximate surface area is 224 Å². The van der Waals surface area contributed by atoms with Crippen molar-refractivity contribution in [1.82, 2.24) is 0 Å². The van der Waals surface area contributed by atoms with Crippen LogP contribution in [0.15, 0.2) is 89.1 Å². The van der Waals surface area contributed by atoms with Crippen molar-refractivity contribution in [3.63, 3.8) is 0 Å². The van der Waals surface area contributed by atoms with Crippen molar-refractivity contribution in [2.24, 2.45) is 35.0 Å². The standard InChI is InChI=1S/C37H42/c1-24-30-9-4-8-29(30)23-37(24)20-18-26(19-21-37)33-17-15-28(32-11-5-13-36(32)33)22-27-7-3-12-35-31-10-2-6-25(31)14-16-34(27)35/h3-5,7-9,11-13,15,17,24-26,29,31,36H,2,6,10,14,16,18-23H2,1H3/t24-,25?,26?,29?,31?,36?,37?/m1/s1. The Bertz CT molecular complexity index is 1300. The summed E-state index contributed by atoms with van der Waals surface area (Å²) in [6.07, 6.45) is 34.8. The fraction of sp³-hybridized carbons (Fsp3) is 0.514. The highest BCUT2D eigenvalue weighted by Crippen LogP contribution is 2.60. The molecule has 0 bridgehead atoms. The molecule has 0 heterocycles. The van der Waals surface area contributed by atoms with Crippen LogP contribution in [0.1, 0.15) is 87.3 Å². The van der Waals surface area contributed by atoms with Gasteiger partial charge in [-0.2, -0.15) is 0 Å². The van der Waals surface area contributed by atoms with E-state index in [2.05, 4.69) is 73.7 Å². The molecule has 0 nitrogen and oxygen atoms in total. The molecule has 4 unspecified atom stereocenters. The van der Waals surface area contributed by atoms with Gasteiger partial charge in [-0.15, -0.1) is 0 Å². The van der Waals surface area contributed by atoms with E-state index in [1.165, 1.54) is 64.2 Å². The van der Waals surface area contributed by atoms with E-state index in [0.717, 1.165) is 36.0 Å². The lowest BCUT2D eigenvalue weighted by Gasteiger charge is -2.43. The minimum absolute atomic E-state index is 0.531. The Morgan fingerprint density at radius 1 is 0.865 bits per heavy atom. The fourth-order valence-corrected chi connectivity index (χ4v) is 10.1. The molecule has 7 aliphatic carbocycles. The third-order valence-corrected chi connectivity index (χ3v) is 12.2. The van der Waals surface area contributed by atoms with Crippen molar-refractivity contribution in [3.8, 4) is 0 Å². The van der Waals surface area contributed by atoms with Gasteiger partial charge in [-0.25, -0.2) is 0 Å². The van der Waals surface area contributed by atoms with Crippen LogP contribution in [0.2, 0.25) is 0 Å². The van der Waals surface area contributed by atoms with Crippen LogP contribution in [-0.4, -0.2) is 0 Å². The lowest BCUT2D eigenvalue weighted by Crippen LogP contribution is -2.32. The largest absolute Gasteiger partial charge is 0.0773 e. The smallest absolute Gasteiger partial charge is 0.0240 e. The molecule has 0 aromatic heterocycles. The van der Waals surface area contributed by atoms with E-state index in [9.17, 15) is 0 Å². The summed E-state index contributed by atoms with van der Waals surface area (Å²) in [5.41, 5.74) is 12.2. The predicted octanol–water partition coefficient (Wildman–Crippen LogP) is 9.37. The Kier molecular flexibility index (Phi) is 5.25. The Morgan fingerprint density at radius 3 is 2.65 bits per heavy atom. The zero-order valence-electron chi connectivity index (χ0n) is 22.6. The van der Waals surface area contributed by atoms with Crippen LogP contribution in [0.3, 0.4) is 0 Å². The molecule has 8 rings (SSSR count). The maximum atomic E-state index is 2.57. The van der Waals surface area contributed by atoms with Crippen LogP contribution in [0.25, 0.3) is 0 Å². The summed E-state index contributed by atoms with van der Waals surface area (Å²) >= 11 is 0. The molecule has 1 spiro atoms. The fourth-order valence-electron chi connectivity index (χ4n) is 10.1. The van der Waals surface area contributed by atoms with Crippen LogP contribution >= 0.6 is 0 Å². The van der Waals surface area contributed by atoms with Crippen LogP contribution < -0.4 is 0 Å². The maximum Gasteiger partial charge on any atom is 0.0240 e. The van der Waals surface area contributed by atoms with Gasteiger partial charge in [0.15, 0.2) is 0 Å². The van der Waals surface area contributed by atoms with Gasteiger partial charge in [0.25, 0.3) is 0 Å². The van der Waals surface area contributed by atoms with Gasteiger partial charge in [0.2, 0.25) is 0 Å². The highest BCUT2D eigenvalue weighted by molar-refractivity contribution is 5.55. The van der Waals surface area contributed by atoms with Crippen molar-refractivity contribution in [2.75, 3.05) is 0 Å².